The average Bonchev–Trinajstić information content (AvgIpc) is 3.39. The smallest absolute Gasteiger partial charge is 0.319 e. The zero-order valence-corrected chi connectivity index (χ0v) is 27.4. The lowest BCUT2D eigenvalue weighted by atomic mass is 9.90. The van der Waals surface area contributed by atoms with Gasteiger partial charge < -0.3 is 20.7 Å². The van der Waals surface area contributed by atoms with Crippen LogP contribution in [-0.4, -0.2) is 71.4 Å². The standard InChI is InChI=1S/C35H38F3N7OS/c1-3-45(26-9-11-41-18(26)2)33-23-13-22(19-5-6-19)27(21-7-8-25(37)31-28(21)24(15-39)32(40)47-31)29(38)30(23)42-34(43-33)46-17-35-10-4-12-44(35)16-20(36)14-35/h7-8,13,18-20,26,41H,3-6,9-12,14,16-17,40H2,1-2H3/t18-,20-,26-,35+/m1/s1. The van der Waals surface area contributed by atoms with Gasteiger partial charge >= 0.3 is 6.01 Å². The third-order valence-corrected chi connectivity index (χ3v) is 11.9. The average molecular weight is 662 g/mol. The van der Waals surface area contributed by atoms with Crippen molar-refractivity contribution in [2.24, 2.45) is 0 Å². The molecule has 47 heavy (non-hydrogen) atoms. The Morgan fingerprint density at radius 2 is 2.09 bits per heavy atom. The van der Waals surface area contributed by atoms with Crippen LogP contribution in [0.25, 0.3) is 32.1 Å². The third kappa shape index (κ3) is 4.92. The summed E-state index contributed by atoms with van der Waals surface area (Å²) in [6, 6.07) is 7.37. The zero-order chi connectivity index (χ0) is 32.6. The van der Waals surface area contributed by atoms with Gasteiger partial charge in [-0.3, -0.25) is 4.90 Å². The predicted octanol–water partition coefficient (Wildman–Crippen LogP) is 6.65. The fourth-order valence-corrected chi connectivity index (χ4v) is 9.40. The number of nitrogens with zero attached hydrogens (tertiary/aromatic N) is 5. The normalized spacial score (nSPS) is 25.9. The molecule has 1 saturated carbocycles. The van der Waals surface area contributed by atoms with Crippen molar-refractivity contribution < 1.29 is 17.9 Å². The number of ether oxygens (including phenoxy) is 1. The number of nitrogens with two attached hydrogens (primary N) is 1. The summed E-state index contributed by atoms with van der Waals surface area (Å²) in [4.78, 5) is 14.1. The topological polar surface area (TPSA) is 103 Å². The molecule has 3 aliphatic heterocycles. The molecule has 0 unspecified atom stereocenters. The molecular formula is C35H38F3N7OS. The van der Waals surface area contributed by atoms with Gasteiger partial charge in [0.15, 0.2) is 5.82 Å². The molecule has 3 saturated heterocycles. The summed E-state index contributed by atoms with van der Waals surface area (Å²) in [7, 11) is 0. The number of likely N-dealkylation sites (N-methyl/N-ethyl adjacent to an activating group) is 1. The number of fused-ring (bicyclic) bond motifs is 3. The summed E-state index contributed by atoms with van der Waals surface area (Å²) >= 11 is 0.999. The number of hydrogen-bond donors (Lipinski definition) is 2. The van der Waals surface area contributed by atoms with Crippen molar-refractivity contribution in [1.82, 2.24) is 20.2 Å². The lowest BCUT2D eigenvalue weighted by molar-refractivity contribution is 0.107. The maximum atomic E-state index is 17.4. The Morgan fingerprint density at radius 1 is 1.26 bits per heavy atom. The van der Waals surface area contributed by atoms with E-state index in [0.29, 0.717) is 47.2 Å². The first-order valence-corrected chi connectivity index (χ1v) is 17.5. The van der Waals surface area contributed by atoms with Crippen LogP contribution in [0.15, 0.2) is 18.2 Å². The quantitative estimate of drug-likeness (QED) is 0.216. The molecule has 5 heterocycles. The lowest BCUT2D eigenvalue weighted by Crippen LogP contribution is -2.44. The molecule has 4 atom stereocenters. The highest BCUT2D eigenvalue weighted by Crippen LogP contribution is 2.51. The van der Waals surface area contributed by atoms with E-state index >= 15 is 8.78 Å². The molecule has 4 aliphatic rings. The largest absolute Gasteiger partial charge is 0.461 e. The second kappa shape index (κ2) is 11.5. The molecule has 246 valence electrons. The minimum absolute atomic E-state index is 0.0545. The number of anilines is 2. The van der Waals surface area contributed by atoms with Crippen LogP contribution in [0, 0.1) is 23.0 Å². The second-order valence-electron chi connectivity index (χ2n) is 13.7. The number of hydrogen-bond acceptors (Lipinski definition) is 9. The molecule has 8 rings (SSSR count). The Kier molecular flexibility index (Phi) is 7.50. The molecule has 0 bridgehead atoms. The van der Waals surface area contributed by atoms with Gasteiger partial charge in [0, 0.05) is 47.9 Å². The molecule has 0 amide bonds. The lowest BCUT2D eigenvalue weighted by Gasteiger charge is -2.33. The Hall–Kier alpha value is -3.66. The van der Waals surface area contributed by atoms with Gasteiger partial charge in [-0.05, 0) is 88.2 Å². The first-order valence-electron chi connectivity index (χ1n) is 16.7. The molecule has 2 aromatic carbocycles. The van der Waals surface area contributed by atoms with Crippen molar-refractivity contribution in [3.8, 4) is 23.2 Å². The summed E-state index contributed by atoms with van der Waals surface area (Å²) < 4.78 is 53.6. The van der Waals surface area contributed by atoms with Gasteiger partial charge in [0.25, 0.3) is 0 Å². The van der Waals surface area contributed by atoms with Gasteiger partial charge in [-0.1, -0.05) is 6.07 Å². The van der Waals surface area contributed by atoms with E-state index < -0.39 is 23.3 Å². The zero-order valence-electron chi connectivity index (χ0n) is 26.6. The van der Waals surface area contributed by atoms with E-state index in [2.05, 4.69) is 35.0 Å². The first-order chi connectivity index (χ1) is 22.7. The molecule has 12 heteroatoms. The van der Waals surface area contributed by atoms with Gasteiger partial charge in [-0.15, -0.1) is 11.3 Å². The number of nitrogen functional groups attached to an aromatic ring is 1. The number of halogens is 3. The number of aromatic nitrogens is 2. The fraction of sp³-hybridized carbons (Fsp3) is 0.514. The van der Waals surface area contributed by atoms with Crippen LogP contribution in [0.5, 0.6) is 6.01 Å². The van der Waals surface area contributed by atoms with Gasteiger partial charge in [-0.25, -0.2) is 13.2 Å². The Labute approximate surface area is 275 Å². The second-order valence-corrected chi connectivity index (χ2v) is 14.7. The minimum Gasteiger partial charge on any atom is -0.461 e. The molecule has 4 fully saturated rings. The molecule has 4 aromatic rings. The van der Waals surface area contributed by atoms with Gasteiger partial charge in [-0.2, -0.15) is 15.2 Å². The van der Waals surface area contributed by atoms with Crippen molar-refractivity contribution in [1.29, 1.82) is 5.26 Å². The predicted molar refractivity (Wildman–Crippen MR) is 179 cm³/mol. The highest BCUT2D eigenvalue weighted by molar-refractivity contribution is 7.23. The summed E-state index contributed by atoms with van der Waals surface area (Å²) in [6.45, 7) is 7.18. The van der Waals surface area contributed by atoms with Gasteiger partial charge in [0.2, 0.25) is 0 Å². The minimum atomic E-state index is -0.906. The number of thiophene rings is 1. The number of alkyl halides is 1. The SMILES string of the molecule is CCN(c1nc(OC[C@@]23CCCN2C[C@H](F)C3)nc2c(F)c(-c3ccc(F)c4sc(N)c(C#N)c34)c(C3CC3)cc12)[C@@H]1CCN[C@@H]1C. The van der Waals surface area contributed by atoms with E-state index in [1.165, 1.54) is 6.07 Å². The summed E-state index contributed by atoms with van der Waals surface area (Å²) in [5, 5.41) is 14.6. The molecule has 2 aromatic heterocycles. The maximum absolute atomic E-state index is 17.4. The van der Waals surface area contributed by atoms with E-state index in [1.54, 1.807) is 6.07 Å². The highest BCUT2D eigenvalue weighted by Gasteiger charge is 2.49. The maximum Gasteiger partial charge on any atom is 0.319 e. The van der Waals surface area contributed by atoms with E-state index in [0.717, 1.165) is 62.1 Å². The monoisotopic (exact) mass is 661 g/mol. The summed E-state index contributed by atoms with van der Waals surface area (Å²) in [5.74, 6) is -0.340. The van der Waals surface area contributed by atoms with Crippen molar-refractivity contribution in [2.45, 2.75) is 82.1 Å². The number of nitriles is 1. The number of benzene rings is 2. The van der Waals surface area contributed by atoms with E-state index in [-0.39, 0.29) is 51.4 Å². The molecule has 0 spiro atoms. The Morgan fingerprint density at radius 3 is 2.81 bits per heavy atom. The van der Waals surface area contributed by atoms with Crippen LogP contribution in [0.4, 0.5) is 24.0 Å². The Balaban J connectivity index is 1.34. The van der Waals surface area contributed by atoms with Gasteiger partial charge in [0.05, 0.1) is 15.8 Å². The van der Waals surface area contributed by atoms with Crippen molar-refractivity contribution in [3.63, 3.8) is 0 Å². The fourth-order valence-electron chi connectivity index (χ4n) is 8.45. The van der Waals surface area contributed by atoms with E-state index in [9.17, 15) is 9.65 Å². The van der Waals surface area contributed by atoms with E-state index in [4.69, 9.17) is 20.4 Å². The molecule has 8 nitrogen and oxygen atoms in total. The summed E-state index contributed by atoms with van der Waals surface area (Å²) in [5.41, 5.74) is 7.54. The van der Waals surface area contributed by atoms with Crippen LogP contribution in [0.3, 0.4) is 0 Å². The van der Waals surface area contributed by atoms with Crippen LogP contribution in [0.2, 0.25) is 0 Å². The molecular weight excluding hydrogens is 623 g/mol. The first kappa shape index (κ1) is 30.7. The van der Waals surface area contributed by atoms with Crippen molar-refractivity contribution in [2.75, 3.05) is 43.4 Å². The number of rotatable bonds is 8. The molecule has 3 N–H and O–H groups in total. The van der Waals surface area contributed by atoms with Crippen molar-refractivity contribution >= 4 is 43.1 Å². The van der Waals surface area contributed by atoms with E-state index in [1.807, 2.05) is 6.07 Å². The van der Waals surface area contributed by atoms with Crippen LogP contribution in [0.1, 0.15) is 69.4 Å². The van der Waals surface area contributed by atoms with Crippen LogP contribution in [-0.2, 0) is 0 Å². The summed E-state index contributed by atoms with van der Waals surface area (Å²) in [6.07, 6.45) is 3.99. The van der Waals surface area contributed by atoms with Crippen LogP contribution >= 0.6 is 11.3 Å². The number of nitrogens with one attached hydrogen (secondary N) is 1. The van der Waals surface area contributed by atoms with Gasteiger partial charge in [0.1, 0.15) is 41.0 Å². The highest BCUT2D eigenvalue weighted by atomic mass is 32.1. The Bertz CT molecular complexity index is 1940. The molecule has 0 radical (unpaired) electrons. The van der Waals surface area contributed by atoms with Crippen molar-refractivity contribution in [3.05, 3.63) is 41.0 Å². The third-order valence-electron chi connectivity index (χ3n) is 10.9. The van der Waals surface area contributed by atoms with Crippen LogP contribution < -0.4 is 20.7 Å². The molecule has 1 aliphatic carbocycles.